The summed E-state index contributed by atoms with van der Waals surface area (Å²) in [6.07, 6.45) is 3.59. The van der Waals surface area contributed by atoms with E-state index in [4.69, 9.17) is 0 Å². The van der Waals surface area contributed by atoms with Crippen molar-refractivity contribution in [1.29, 1.82) is 0 Å². The van der Waals surface area contributed by atoms with Gasteiger partial charge in [-0.25, -0.2) is 0 Å². The average molecular weight is 244 g/mol. The van der Waals surface area contributed by atoms with Gasteiger partial charge in [-0.2, -0.15) is 0 Å². The molecular formula is C12H24N2OS. The first-order chi connectivity index (χ1) is 7.47. The van der Waals surface area contributed by atoms with Crippen molar-refractivity contribution >= 4 is 17.7 Å². The SMILES string of the molecule is CC(C)(C)SCC(=O)NCCC1CCCN1. The molecule has 3 nitrogen and oxygen atoms in total. The highest BCUT2D eigenvalue weighted by atomic mass is 32.2. The van der Waals surface area contributed by atoms with E-state index in [1.165, 1.54) is 12.8 Å². The van der Waals surface area contributed by atoms with E-state index in [1.54, 1.807) is 11.8 Å². The highest BCUT2D eigenvalue weighted by Crippen LogP contribution is 2.22. The third-order valence-corrected chi connectivity index (χ3v) is 3.89. The second-order valence-electron chi connectivity index (χ2n) is 5.33. The summed E-state index contributed by atoms with van der Waals surface area (Å²) in [5, 5.41) is 6.41. The molecule has 0 spiro atoms. The molecule has 1 atom stereocenters. The van der Waals surface area contributed by atoms with Crippen LogP contribution in [0.25, 0.3) is 0 Å². The third kappa shape index (κ3) is 6.38. The maximum atomic E-state index is 11.5. The van der Waals surface area contributed by atoms with Gasteiger partial charge in [0.15, 0.2) is 0 Å². The molecule has 1 aliphatic heterocycles. The van der Waals surface area contributed by atoms with Crippen molar-refractivity contribution in [3.05, 3.63) is 0 Å². The molecule has 0 aromatic carbocycles. The number of hydrogen-bond donors (Lipinski definition) is 2. The lowest BCUT2D eigenvalue weighted by Crippen LogP contribution is -2.32. The van der Waals surface area contributed by atoms with Crippen LogP contribution in [0.1, 0.15) is 40.0 Å². The fourth-order valence-corrected chi connectivity index (χ4v) is 2.39. The second kappa shape index (κ2) is 6.50. The third-order valence-electron chi connectivity index (χ3n) is 2.61. The molecule has 1 fully saturated rings. The molecule has 1 amide bonds. The summed E-state index contributed by atoms with van der Waals surface area (Å²) in [6, 6.07) is 0.621. The molecule has 0 bridgehead atoms. The first kappa shape index (κ1) is 13.8. The topological polar surface area (TPSA) is 41.1 Å². The van der Waals surface area contributed by atoms with Crippen LogP contribution in [-0.2, 0) is 4.79 Å². The predicted octanol–water partition coefficient (Wildman–Crippen LogP) is 1.78. The molecule has 0 saturated carbocycles. The molecule has 0 aliphatic carbocycles. The molecule has 0 aromatic rings. The minimum atomic E-state index is 0.165. The van der Waals surface area contributed by atoms with Crippen molar-refractivity contribution in [3.8, 4) is 0 Å². The molecular weight excluding hydrogens is 220 g/mol. The molecule has 94 valence electrons. The minimum absolute atomic E-state index is 0.165. The quantitative estimate of drug-likeness (QED) is 0.774. The highest BCUT2D eigenvalue weighted by Gasteiger charge is 2.15. The second-order valence-corrected chi connectivity index (χ2v) is 7.14. The molecule has 16 heavy (non-hydrogen) atoms. The van der Waals surface area contributed by atoms with Gasteiger partial charge < -0.3 is 10.6 Å². The van der Waals surface area contributed by atoms with Gasteiger partial charge in [-0.05, 0) is 25.8 Å². The van der Waals surface area contributed by atoms with E-state index >= 15 is 0 Å². The van der Waals surface area contributed by atoms with Crippen molar-refractivity contribution in [3.63, 3.8) is 0 Å². The Balaban J connectivity index is 2.01. The minimum Gasteiger partial charge on any atom is -0.355 e. The van der Waals surface area contributed by atoms with Crippen LogP contribution in [0, 0.1) is 0 Å². The van der Waals surface area contributed by atoms with Crippen LogP contribution in [0.5, 0.6) is 0 Å². The van der Waals surface area contributed by atoms with Crippen LogP contribution in [0.3, 0.4) is 0 Å². The highest BCUT2D eigenvalue weighted by molar-refractivity contribution is 8.01. The number of nitrogens with one attached hydrogen (secondary N) is 2. The Morgan fingerprint density at radius 1 is 1.50 bits per heavy atom. The van der Waals surface area contributed by atoms with Crippen LogP contribution < -0.4 is 10.6 Å². The summed E-state index contributed by atoms with van der Waals surface area (Å²) >= 11 is 1.70. The maximum absolute atomic E-state index is 11.5. The van der Waals surface area contributed by atoms with Gasteiger partial charge in [0.1, 0.15) is 0 Å². The van der Waals surface area contributed by atoms with E-state index in [0.717, 1.165) is 19.5 Å². The number of thioether (sulfide) groups is 1. The van der Waals surface area contributed by atoms with E-state index < -0.39 is 0 Å². The van der Waals surface area contributed by atoms with Gasteiger partial charge >= 0.3 is 0 Å². The molecule has 0 aromatic heterocycles. The van der Waals surface area contributed by atoms with Crippen molar-refractivity contribution in [2.24, 2.45) is 0 Å². The van der Waals surface area contributed by atoms with Crippen LogP contribution in [0.4, 0.5) is 0 Å². The summed E-state index contributed by atoms with van der Waals surface area (Å²) in [7, 11) is 0. The van der Waals surface area contributed by atoms with Crippen molar-refractivity contribution in [1.82, 2.24) is 10.6 Å². The average Bonchev–Trinajstić information content (AvgIpc) is 2.66. The van der Waals surface area contributed by atoms with Gasteiger partial charge in [-0.1, -0.05) is 20.8 Å². The van der Waals surface area contributed by atoms with E-state index in [1.807, 2.05) is 0 Å². The Morgan fingerprint density at radius 2 is 2.25 bits per heavy atom. The zero-order chi connectivity index (χ0) is 12.0. The van der Waals surface area contributed by atoms with Gasteiger partial charge in [0, 0.05) is 17.3 Å². The van der Waals surface area contributed by atoms with Crippen LogP contribution in [0.15, 0.2) is 0 Å². The Kier molecular flexibility index (Phi) is 5.62. The molecule has 1 heterocycles. The van der Waals surface area contributed by atoms with Gasteiger partial charge in [0.05, 0.1) is 5.75 Å². The lowest BCUT2D eigenvalue weighted by atomic mass is 10.1. The largest absolute Gasteiger partial charge is 0.355 e. The first-order valence-corrected chi connectivity index (χ1v) is 7.10. The summed E-state index contributed by atoms with van der Waals surface area (Å²) < 4.78 is 0.171. The standard InChI is InChI=1S/C12H24N2OS/c1-12(2,3)16-9-11(15)14-8-6-10-5-4-7-13-10/h10,13H,4-9H2,1-3H3,(H,14,15). The van der Waals surface area contributed by atoms with E-state index in [-0.39, 0.29) is 10.7 Å². The zero-order valence-electron chi connectivity index (χ0n) is 10.6. The van der Waals surface area contributed by atoms with Gasteiger partial charge in [0.2, 0.25) is 5.91 Å². The van der Waals surface area contributed by atoms with E-state index in [9.17, 15) is 4.79 Å². The van der Waals surface area contributed by atoms with E-state index in [2.05, 4.69) is 31.4 Å². The molecule has 1 saturated heterocycles. The van der Waals surface area contributed by atoms with E-state index in [0.29, 0.717) is 11.8 Å². The Hall–Kier alpha value is -0.220. The lowest BCUT2D eigenvalue weighted by molar-refractivity contribution is -0.118. The molecule has 1 unspecified atom stereocenters. The maximum Gasteiger partial charge on any atom is 0.230 e. The van der Waals surface area contributed by atoms with Crippen LogP contribution in [0.2, 0.25) is 0 Å². The Bertz CT molecular complexity index is 220. The fraction of sp³-hybridized carbons (Fsp3) is 0.917. The molecule has 0 radical (unpaired) electrons. The van der Waals surface area contributed by atoms with Crippen LogP contribution >= 0.6 is 11.8 Å². The van der Waals surface area contributed by atoms with Crippen molar-refractivity contribution < 1.29 is 4.79 Å². The van der Waals surface area contributed by atoms with Crippen molar-refractivity contribution in [2.75, 3.05) is 18.8 Å². The Labute approximate surface area is 103 Å². The van der Waals surface area contributed by atoms with Gasteiger partial charge in [0.25, 0.3) is 0 Å². The number of carbonyl (C=O) groups excluding carboxylic acids is 1. The van der Waals surface area contributed by atoms with Crippen LogP contribution in [-0.4, -0.2) is 35.5 Å². The molecule has 1 rings (SSSR count). The fourth-order valence-electron chi connectivity index (χ4n) is 1.72. The number of hydrogen-bond acceptors (Lipinski definition) is 3. The summed E-state index contributed by atoms with van der Waals surface area (Å²) in [5.74, 6) is 0.736. The molecule has 2 N–H and O–H groups in total. The summed E-state index contributed by atoms with van der Waals surface area (Å²) in [6.45, 7) is 8.34. The summed E-state index contributed by atoms with van der Waals surface area (Å²) in [4.78, 5) is 11.5. The molecule has 4 heteroatoms. The normalized spacial score (nSPS) is 21.1. The first-order valence-electron chi connectivity index (χ1n) is 6.11. The lowest BCUT2D eigenvalue weighted by Gasteiger charge is -2.17. The number of amides is 1. The van der Waals surface area contributed by atoms with Gasteiger partial charge in [-0.3, -0.25) is 4.79 Å². The summed E-state index contributed by atoms with van der Waals surface area (Å²) in [5.41, 5.74) is 0. The monoisotopic (exact) mass is 244 g/mol. The Morgan fingerprint density at radius 3 is 2.81 bits per heavy atom. The van der Waals surface area contributed by atoms with Crippen molar-refractivity contribution in [2.45, 2.75) is 50.8 Å². The number of carbonyl (C=O) groups is 1. The zero-order valence-corrected chi connectivity index (χ0v) is 11.5. The number of rotatable bonds is 5. The molecule has 1 aliphatic rings. The van der Waals surface area contributed by atoms with Gasteiger partial charge in [-0.15, -0.1) is 11.8 Å². The smallest absolute Gasteiger partial charge is 0.230 e. The predicted molar refractivity (Wildman–Crippen MR) is 70.9 cm³/mol.